The molecule has 2 N–H and O–H groups in total. The molecular formula is C22H19BrN2O3. The summed E-state index contributed by atoms with van der Waals surface area (Å²) in [5, 5.41) is 5.38. The summed E-state index contributed by atoms with van der Waals surface area (Å²) >= 11 is 3.44. The fourth-order valence-electron chi connectivity index (χ4n) is 2.65. The fraction of sp³-hybridized carbons (Fsp3) is 0.0909. The lowest BCUT2D eigenvalue weighted by molar-refractivity contribution is 0.0961. The average Bonchev–Trinajstić information content (AvgIpc) is 2.72. The number of amides is 2. The topological polar surface area (TPSA) is 67.4 Å². The molecule has 3 aromatic carbocycles. The van der Waals surface area contributed by atoms with Crippen LogP contribution in [0.3, 0.4) is 0 Å². The second-order valence-electron chi connectivity index (χ2n) is 6.03. The summed E-state index contributed by atoms with van der Waals surface area (Å²) in [6.45, 7) is 0.343. The van der Waals surface area contributed by atoms with Gasteiger partial charge in [0, 0.05) is 22.8 Å². The monoisotopic (exact) mass is 438 g/mol. The number of anilines is 1. The molecule has 0 aliphatic carbocycles. The minimum absolute atomic E-state index is 0.214. The Morgan fingerprint density at radius 1 is 0.929 bits per heavy atom. The van der Waals surface area contributed by atoms with E-state index in [1.165, 1.54) is 0 Å². The van der Waals surface area contributed by atoms with Gasteiger partial charge >= 0.3 is 0 Å². The van der Waals surface area contributed by atoms with Gasteiger partial charge in [0.1, 0.15) is 12.4 Å². The lowest BCUT2D eigenvalue weighted by atomic mass is 10.1. The predicted octanol–water partition coefficient (Wildman–Crippen LogP) is 4.64. The van der Waals surface area contributed by atoms with Crippen molar-refractivity contribution in [3.05, 3.63) is 94.0 Å². The van der Waals surface area contributed by atoms with Crippen molar-refractivity contribution in [1.29, 1.82) is 0 Å². The molecule has 2 amide bonds. The van der Waals surface area contributed by atoms with Crippen molar-refractivity contribution in [2.75, 3.05) is 12.4 Å². The molecule has 0 aromatic heterocycles. The third kappa shape index (κ3) is 4.98. The van der Waals surface area contributed by atoms with Crippen molar-refractivity contribution in [2.45, 2.75) is 6.61 Å². The lowest BCUT2D eigenvalue weighted by Crippen LogP contribution is -2.18. The molecule has 5 nitrogen and oxygen atoms in total. The van der Waals surface area contributed by atoms with E-state index in [2.05, 4.69) is 26.6 Å². The van der Waals surface area contributed by atoms with Crippen molar-refractivity contribution >= 4 is 33.4 Å². The van der Waals surface area contributed by atoms with Crippen molar-refractivity contribution in [3.63, 3.8) is 0 Å². The Kier molecular flexibility index (Phi) is 6.45. The first kappa shape index (κ1) is 19.6. The van der Waals surface area contributed by atoms with E-state index in [0.717, 1.165) is 10.0 Å². The van der Waals surface area contributed by atoms with Crippen LogP contribution in [-0.2, 0) is 6.61 Å². The number of ether oxygens (including phenoxy) is 1. The molecule has 0 aliphatic heterocycles. The van der Waals surface area contributed by atoms with E-state index in [1.807, 2.05) is 30.3 Å². The van der Waals surface area contributed by atoms with E-state index in [0.29, 0.717) is 29.2 Å². The molecule has 0 unspecified atom stereocenters. The lowest BCUT2D eigenvalue weighted by Gasteiger charge is -2.12. The van der Waals surface area contributed by atoms with Crippen LogP contribution in [0.2, 0.25) is 0 Å². The van der Waals surface area contributed by atoms with Gasteiger partial charge in [0.2, 0.25) is 0 Å². The molecule has 0 atom stereocenters. The Balaban J connectivity index is 1.75. The minimum atomic E-state index is -0.307. The Bertz CT molecular complexity index is 1000. The van der Waals surface area contributed by atoms with Gasteiger partial charge in [-0.15, -0.1) is 0 Å². The molecule has 0 saturated carbocycles. The zero-order valence-corrected chi connectivity index (χ0v) is 16.8. The molecule has 28 heavy (non-hydrogen) atoms. The summed E-state index contributed by atoms with van der Waals surface area (Å²) in [6.07, 6.45) is 0. The van der Waals surface area contributed by atoms with E-state index in [4.69, 9.17) is 4.74 Å². The molecule has 0 fully saturated rings. The van der Waals surface area contributed by atoms with Gasteiger partial charge in [0.15, 0.2) is 0 Å². The van der Waals surface area contributed by atoms with E-state index in [9.17, 15) is 9.59 Å². The summed E-state index contributed by atoms with van der Waals surface area (Å²) in [5.74, 6) is -0.0322. The number of hydrogen-bond acceptors (Lipinski definition) is 3. The van der Waals surface area contributed by atoms with Gasteiger partial charge in [-0.05, 0) is 48.0 Å². The first-order valence-corrected chi connectivity index (χ1v) is 9.46. The highest BCUT2D eigenvalue weighted by Gasteiger charge is 2.13. The zero-order valence-electron chi connectivity index (χ0n) is 15.2. The number of hydrogen-bond donors (Lipinski definition) is 2. The molecular weight excluding hydrogens is 420 g/mol. The van der Waals surface area contributed by atoms with Crippen LogP contribution >= 0.6 is 15.9 Å². The average molecular weight is 439 g/mol. The first-order chi connectivity index (χ1) is 13.6. The fourth-order valence-corrected chi connectivity index (χ4v) is 3.10. The molecule has 142 valence electrons. The number of nitrogens with one attached hydrogen (secondary N) is 2. The smallest absolute Gasteiger partial charge is 0.259 e. The molecule has 0 saturated heterocycles. The van der Waals surface area contributed by atoms with Gasteiger partial charge < -0.3 is 15.4 Å². The summed E-state index contributed by atoms with van der Waals surface area (Å²) < 4.78 is 6.84. The van der Waals surface area contributed by atoms with Gasteiger partial charge in [-0.2, -0.15) is 0 Å². The minimum Gasteiger partial charge on any atom is -0.488 e. The quantitative estimate of drug-likeness (QED) is 0.588. The molecule has 6 heteroatoms. The maximum absolute atomic E-state index is 12.8. The highest BCUT2D eigenvalue weighted by Crippen LogP contribution is 2.22. The van der Waals surface area contributed by atoms with Crippen LogP contribution in [0, 0.1) is 0 Å². The molecule has 0 heterocycles. The second-order valence-corrected chi connectivity index (χ2v) is 6.94. The van der Waals surface area contributed by atoms with Gasteiger partial charge in [-0.1, -0.05) is 46.3 Å². The van der Waals surface area contributed by atoms with E-state index in [1.54, 1.807) is 49.5 Å². The number of halogens is 1. The third-order valence-electron chi connectivity index (χ3n) is 4.02. The van der Waals surface area contributed by atoms with Crippen molar-refractivity contribution in [1.82, 2.24) is 5.32 Å². The molecule has 0 aliphatic rings. The third-order valence-corrected chi connectivity index (χ3v) is 4.52. The van der Waals surface area contributed by atoms with E-state index < -0.39 is 0 Å². The molecule has 3 aromatic rings. The summed E-state index contributed by atoms with van der Waals surface area (Å²) in [6, 6.07) is 21.6. The normalized spacial score (nSPS) is 10.2. The Morgan fingerprint density at radius 2 is 1.71 bits per heavy atom. The van der Waals surface area contributed by atoms with Crippen LogP contribution in [0.1, 0.15) is 26.3 Å². The highest BCUT2D eigenvalue weighted by atomic mass is 79.9. The van der Waals surface area contributed by atoms with Gasteiger partial charge in [-0.25, -0.2) is 0 Å². The van der Waals surface area contributed by atoms with Crippen LogP contribution < -0.4 is 15.4 Å². The largest absolute Gasteiger partial charge is 0.488 e. The van der Waals surface area contributed by atoms with E-state index >= 15 is 0 Å². The second kappa shape index (κ2) is 9.19. The summed E-state index contributed by atoms with van der Waals surface area (Å²) in [5.41, 5.74) is 2.41. The van der Waals surface area contributed by atoms with Crippen molar-refractivity contribution in [3.8, 4) is 5.75 Å². The van der Waals surface area contributed by atoms with Crippen LogP contribution in [0.25, 0.3) is 0 Å². The SMILES string of the molecule is CNC(=O)c1cccc(NC(=O)c2ccccc2OCc2cccc(Br)c2)c1. The van der Waals surface area contributed by atoms with Gasteiger partial charge in [0.05, 0.1) is 5.56 Å². The maximum Gasteiger partial charge on any atom is 0.259 e. The van der Waals surface area contributed by atoms with Crippen molar-refractivity contribution in [2.24, 2.45) is 0 Å². The highest BCUT2D eigenvalue weighted by molar-refractivity contribution is 9.10. The Labute approximate surface area is 171 Å². The molecule has 0 spiro atoms. The number of para-hydroxylation sites is 1. The van der Waals surface area contributed by atoms with Crippen LogP contribution in [0.4, 0.5) is 5.69 Å². The summed E-state index contributed by atoms with van der Waals surface area (Å²) in [7, 11) is 1.56. The first-order valence-electron chi connectivity index (χ1n) is 8.66. The Hall–Kier alpha value is -3.12. The maximum atomic E-state index is 12.8. The number of benzene rings is 3. The van der Waals surface area contributed by atoms with Gasteiger partial charge in [-0.3, -0.25) is 9.59 Å². The molecule has 0 bridgehead atoms. The number of carbonyl (C=O) groups excluding carboxylic acids is 2. The zero-order chi connectivity index (χ0) is 19.9. The van der Waals surface area contributed by atoms with Crippen LogP contribution in [0.15, 0.2) is 77.3 Å². The van der Waals surface area contributed by atoms with Crippen molar-refractivity contribution < 1.29 is 14.3 Å². The molecule has 3 rings (SSSR count). The predicted molar refractivity (Wildman–Crippen MR) is 113 cm³/mol. The van der Waals surface area contributed by atoms with E-state index in [-0.39, 0.29) is 11.8 Å². The number of carbonyl (C=O) groups is 2. The van der Waals surface area contributed by atoms with Crippen LogP contribution in [-0.4, -0.2) is 18.9 Å². The standard InChI is InChI=1S/C22H19BrN2O3/c1-24-21(26)16-7-5-9-18(13-16)25-22(27)19-10-2-3-11-20(19)28-14-15-6-4-8-17(23)12-15/h2-13H,14H2,1H3,(H,24,26)(H,25,27). The Morgan fingerprint density at radius 3 is 2.50 bits per heavy atom. The number of rotatable bonds is 6. The molecule has 0 radical (unpaired) electrons. The summed E-state index contributed by atoms with van der Waals surface area (Å²) in [4.78, 5) is 24.5. The van der Waals surface area contributed by atoms with Crippen LogP contribution in [0.5, 0.6) is 5.75 Å². The van der Waals surface area contributed by atoms with Gasteiger partial charge in [0.25, 0.3) is 11.8 Å².